The van der Waals surface area contributed by atoms with Gasteiger partial charge in [0.15, 0.2) is 0 Å². The number of rotatable bonds is 14. The summed E-state index contributed by atoms with van der Waals surface area (Å²) in [7, 11) is 1.53. The van der Waals surface area contributed by atoms with E-state index >= 15 is 0 Å². The molecule has 0 aromatic heterocycles. The number of likely N-dealkylation sites (N-methyl/N-ethyl adjacent to an activating group) is 1. The van der Waals surface area contributed by atoms with Crippen LogP contribution in [-0.4, -0.2) is 53.9 Å². The average molecular weight is 522 g/mol. The van der Waals surface area contributed by atoms with Crippen molar-refractivity contribution in [3.05, 3.63) is 71.8 Å². The van der Waals surface area contributed by atoms with Gasteiger partial charge in [0.2, 0.25) is 17.9 Å². The average Bonchev–Trinajstić information content (AvgIpc) is 2.89. The summed E-state index contributed by atoms with van der Waals surface area (Å²) < 4.78 is 5.51. The van der Waals surface area contributed by atoms with Crippen LogP contribution in [0.4, 0.5) is 0 Å². The highest BCUT2D eigenvalue weighted by molar-refractivity contribution is 5.92. The number of carbonyl (C=O) groups excluding carboxylic acids is 4. The molecule has 0 saturated heterocycles. The van der Waals surface area contributed by atoms with Crippen LogP contribution in [0.3, 0.4) is 0 Å². The number of amides is 2. The first-order chi connectivity index (χ1) is 18.1. The lowest BCUT2D eigenvalue weighted by molar-refractivity contribution is -0.150. The van der Waals surface area contributed by atoms with Crippen LogP contribution in [-0.2, 0) is 36.9 Å². The van der Waals surface area contributed by atoms with Crippen molar-refractivity contribution >= 4 is 23.9 Å². The molecule has 0 saturated carbocycles. The van der Waals surface area contributed by atoms with Crippen LogP contribution in [0.1, 0.15) is 51.7 Å². The molecule has 0 aliphatic heterocycles. The Morgan fingerprint density at radius 2 is 1.45 bits per heavy atom. The van der Waals surface area contributed by atoms with E-state index in [9.17, 15) is 19.2 Å². The van der Waals surface area contributed by atoms with Crippen molar-refractivity contribution in [2.75, 3.05) is 7.05 Å². The fourth-order valence-electron chi connectivity index (χ4n) is 4.15. The van der Waals surface area contributed by atoms with Crippen LogP contribution in [0.25, 0.3) is 0 Å². The minimum absolute atomic E-state index is 0.0803. The molecular formula is C30H39N3O5. The summed E-state index contributed by atoms with van der Waals surface area (Å²) in [5.74, 6) is -1.25. The first-order valence-corrected chi connectivity index (χ1v) is 13.0. The van der Waals surface area contributed by atoms with E-state index in [0.717, 1.165) is 11.1 Å². The molecule has 0 bridgehead atoms. The zero-order valence-corrected chi connectivity index (χ0v) is 22.9. The number of aliphatic imine (C=N–C) groups is 1. The summed E-state index contributed by atoms with van der Waals surface area (Å²) in [5.41, 5.74) is 1.68. The van der Waals surface area contributed by atoms with Gasteiger partial charge in [0.25, 0.3) is 0 Å². The zero-order chi connectivity index (χ0) is 28.1. The molecule has 0 radical (unpaired) electrons. The smallest absolute Gasteiger partial charge is 0.328 e. The third-order valence-corrected chi connectivity index (χ3v) is 6.11. The Balaban J connectivity index is 2.19. The number of esters is 1. The monoisotopic (exact) mass is 521 g/mol. The Kier molecular flexibility index (Phi) is 12.4. The number of carbonyl (C=O) groups is 3. The maximum atomic E-state index is 13.5. The molecule has 3 unspecified atom stereocenters. The van der Waals surface area contributed by atoms with E-state index in [1.807, 2.05) is 88.4 Å². The Morgan fingerprint density at radius 1 is 0.895 bits per heavy atom. The van der Waals surface area contributed by atoms with Crippen LogP contribution >= 0.6 is 0 Å². The lowest BCUT2D eigenvalue weighted by Gasteiger charge is -2.31. The van der Waals surface area contributed by atoms with Crippen molar-refractivity contribution in [2.45, 2.75) is 71.7 Å². The Labute approximate surface area is 225 Å². The summed E-state index contributed by atoms with van der Waals surface area (Å²) in [6, 6.07) is 15.8. The van der Waals surface area contributed by atoms with E-state index in [1.165, 1.54) is 18.0 Å². The lowest BCUT2D eigenvalue weighted by atomic mass is 9.98. The highest BCUT2D eigenvalue weighted by Gasteiger charge is 2.34. The summed E-state index contributed by atoms with van der Waals surface area (Å²) in [6.07, 6.45) is 2.45. The molecule has 2 rings (SSSR count). The van der Waals surface area contributed by atoms with Gasteiger partial charge in [0, 0.05) is 13.5 Å². The van der Waals surface area contributed by atoms with Crippen molar-refractivity contribution in [2.24, 2.45) is 16.8 Å². The first-order valence-electron chi connectivity index (χ1n) is 13.0. The van der Waals surface area contributed by atoms with E-state index in [4.69, 9.17) is 4.74 Å². The van der Waals surface area contributed by atoms with Gasteiger partial charge < -0.3 is 15.0 Å². The van der Waals surface area contributed by atoms with Gasteiger partial charge in [-0.05, 0) is 35.8 Å². The van der Waals surface area contributed by atoms with Crippen LogP contribution in [0.15, 0.2) is 65.7 Å². The van der Waals surface area contributed by atoms with Gasteiger partial charge in [-0.1, -0.05) is 88.4 Å². The second kappa shape index (κ2) is 15.5. The van der Waals surface area contributed by atoms with Gasteiger partial charge in [0.05, 0.1) is 0 Å². The van der Waals surface area contributed by atoms with E-state index in [0.29, 0.717) is 12.8 Å². The molecule has 8 nitrogen and oxygen atoms in total. The molecule has 204 valence electrons. The number of benzene rings is 2. The molecule has 2 aromatic rings. The summed E-state index contributed by atoms with van der Waals surface area (Å²) >= 11 is 0. The number of nitrogens with zero attached hydrogens (tertiary/aromatic N) is 2. The van der Waals surface area contributed by atoms with Crippen molar-refractivity contribution in [1.29, 1.82) is 0 Å². The van der Waals surface area contributed by atoms with Crippen molar-refractivity contribution in [3.8, 4) is 0 Å². The molecule has 0 heterocycles. The summed E-state index contributed by atoms with van der Waals surface area (Å²) in [5, 5.41) is 2.83. The largest absolute Gasteiger partial charge is 0.459 e. The van der Waals surface area contributed by atoms with Crippen LogP contribution in [0, 0.1) is 11.8 Å². The van der Waals surface area contributed by atoms with Gasteiger partial charge in [-0.25, -0.2) is 9.59 Å². The lowest BCUT2D eigenvalue weighted by Crippen LogP contribution is -2.54. The molecule has 3 atom stereocenters. The Bertz CT molecular complexity index is 1080. The van der Waals surface area contributed by atoms with Crippen LogP contribution in [0.2, 0.25) is 0 Å². The van der Waals surface area contributed by atoms with Crippen molar-refractivity contribution < 1.29 is 23.9 Å². The fourth-order valence-corrected chi connectivity index (χ4v) is 4.15. The normalized spacial score (nSPS) is 13.2. The third kappa shape index (κ3) is 9.94. The van der Waals surface area contributed by atoms with Crippen LogP contribution in [0.5, 0.6) is 0 Å². The highest BCUT2D eigenvalue weighted by atomic mass is 16.5. The SMILES string of the molecule is CC(C)CC(NC(=O)C(CC(C)C)N(C)C(=O)C(Cc1ccccc1)N=C=O)C(=O)OCc1ccccc1. The van der Waals surface area contributed by atoms with Crippen LogP contribution < -0.4 is 5.32 Å². The number of hydrogen-bond donors (Lipinski definition) is 1. The number of ether oxygens (including phenoxy) is 1. The fraction of sp³-hybridized carbons (Fsp3) is 0.467. The molecule has 2 aromatic carbocycles. The molecule has 0 spiro atoms. The molecule has 8 heteroatoms. The number of isocyanates is 1. The predicted octanol–water partition coefficient (Wildman–Crippen LogP) is 4.08. The molecule has 0 aliphatic rings. The quantitative estimate of drug-likeness (QED) is 0.229. The molecule has 0 fully saturated rings. The second-order valence-corrected chi connectivity index (χ2v) is 10.3. The van der Waals surface area contributed by atoms with Gasteiger partial charge in [-0.3, -0.25) is 9.59 Å². The number of hydrogen-bond acceptors (Lipinski definition) is 6. The Morgan fingerprint density at radius 3 is 1.97 bits per heavy atom. The van der Waals surface area contributed by atoms with Gasteiger partial charge >= 0.3 is 5.97 Å². The van der Waals surface area contributed by atoms with E-state index in [2.05, 4.69) is 10.3 Å². The molecular weight excluding hydrogens is 482 g/mol. The predicted molar refractivity (Wildman–Crippen MR) is 146 cm³/mol. The van der Waals surface area contributed by atoms with E-state index < -0.39 is 35.9 Å². The number of nitrogens with one attached hydrogen (secondary N) is 1. The topological polar surface area (TPSA) is 105 Å². The Hall–Kier alpha value is -3.77. The first kappa shape index (κ1) is 30.5. The van der Waals surface area contributed by atoms with Gasteiger partial charge in [-0.15, -0.1) is 0 Å². The van der Waals surface area contributed by atoms with E-state index in [1.54, 1.807) is 0 Å². The third-order valence-electron chi connectivity index (χ3n) is 6.11. The molecule has 1 N–H and O–H groups in total. The second-order valence-electron chi connectivity index (χ2n) is 10.3. The van der Waals surface area contributed by atoms with Crippen molar-refractivity contribution in [1.82, 2.24) is 10.2 Å². The summed E-state index contributed by atoms with van der Waals surface area (Å²) in [6.45, 7) is 7.91. The zero-order valence-electron chi connectivity index (χ0n) is 22.9. The molecule has 38 heavy (non-hydrogen) atoms. The standard InChI is InChI=1S/C30H39N3O5/c1-21(2)16-26(30(37)38-19-24-14-10-7-11-15-24)32-28(35)27(17-22(3)4)33(5)29(36)25(31-20-34)18-23-12-8-6-9-13-23/h6-15,21-22,25-27H,16-19H2,1-5H3,(H,32,35). The van der Waals surface area contributed by atoms with Crippen molar-refractivity contribution in [3.63, 3.8) is 0 Å². The van der Waals surface area contributed by atoms with E-state index in [-0.39, 0.29) is 24.9 Å². The van der Waals surface area contributed by atoms with Gasteiger partial charge in [-0.2, -0.15) is 4.99 Å². The highest BCUT2D eigenvalue weighted by Crippen LogP contribution is 2.17. The minimum Gasteiger partial charge on any atom is -0.459 e. The minimum atomic E-state index is -1.01. The molecule has 0 aliphatic carbocycles. The molecule has 2 amide bonds. The summed E-state index contributed by atoms with van der Waals surface area (Å²) in [4.78, 5) is 56.0. The maximum Gasteiger partial charge on any atom is 0.328 e. The van der Waals surface area contributed by atoms with Gasteiger partial charge in [0.1, 0.15) is 24.7 Å². The maximum absolute atomic E-state index is 13.5.